The Morgan fingerprint density at radius 2 is 2.20 bits per heavy atom. The smallest absolute Gasteiger partial charge is 0.249 e. The van der Waals surface area contributed by atoms with Crippen LogP contribution in [0.4, 0.5) is 0 Å². The van der Waals surface area contributed by atoms with Crippen LogP contribution in [0.5, 0.6) is 0 Å². The third-order valence-corrected chi connectivity index (χ3v) is 4.12. The van der Waals surface area contributed by atoms with Crippen molar-refractivity contribution in [3.05, 3.63) is 0 Å². The second kappa shape index (κ2) is 5.10. The molecule has 8 nitrogen and oxygen atoms in total. The standard InChI is InChI=1S/C12H18N4O4/c1-2-7-9(18)14-8(17)6-16(7)11(19)12(4-3-5-12)10(13)15-20/h7,20H,2-6H2,1H3,(H2,13,15)(H,14,17,18). The van der Waals surface area contributed by atoms with E-state index >= 15 is 0 Å². The van der Waals surface area contributed by atoms with E-state index in [-0.39, 0.29) is 12.4 Å². The van der Waals surface area contributed by atoms with Crippen molar-refractivity contribution in [2.45, 2.75) is 38.6 Å². The predicted octanol–water partition coefficient (Wildman–Crippen LogP) is -0.833. The fourth-order valence-electron chi connectivity index (χ4n) is 2.77. The normalized spacial score (nSPS) is 25.9. The van der Waals surface area contributed by atoms with E-state index < -0.39 is 29.2 Å². The molecule has 0 radical (unpaired) electrons. The van der Waals surface area contributed by atoms with E-state index in [2.05, 4.69) is 10.5 Å². The molecule has 0 spiro atoms. The Morgan fingerprint density at radius 1 is 1.55 bits per heavy atom. The average molecular weight is 282 g/mol. The van der Waals surface area contributed by atoms with Gasteiger partial charge in [-0.15, -0.1) is 0 Å². The zero-order chi connectivity index (χ0) is 14.9. The number of rotatable bonds is 3. The van der Waals surface area contributed by atoms with Crippen LogP contribution in [0.2, 0.25) is 0 Å². The van der Waals surface area contributed by atoms with Gasteiger partial charge in [-0.3, -0.25) is 19.7 Å². The highest BCUT2D eigenvalue weighted by atomic mass is 16.4. The molecule has 20 heavy (non-hydrogen) atoms. The van der Waals surface area contributed by atoms with Crippen molar-refractivity contribution < 1.29 is 19.6 Å². The van der Waals surface area contributed by atoms with Crippen molar-refractivity contribution >= 4 is 23.6 Å². The van der Waals surface area contributed by atoms with Gasteiger partial charge in [0, 0.05) is 0 Å². The van der Waals surface area contributed by atoms with E-state index in [9.17, 15) is 14.4 Å². The van der Waals surface area contributed by atoms with Gasteiger partial charge in [-0.2, -0.15) is 0 Å². The lowest BCUT2D eigenvalue weighted by molar-refractivity contribution is -0.156. The number of amides is 3. The van der Waals surface area contributed by atoms with Crippen LogP contribution in [0.1, 0.15) is 32.6 Å². The van der Waals surface area contributed by atoms with Gasteiger partial charge in [-0.25, -0.2) is 0 Å². The molecule has 0 aromatic rings. The number of carbonyl (C=O) groups excluding carboxylic acids is 3. The Kier molecular flexibility index (Phi) is 3.65. The molecule has 1 saturated carbocycles. The number of piperazine rings is 1. The zero-order valence-electron chi connectivity index (χ0n) is 11.3. The second-order valence-electron chi connectivity index (χ2n) is 5.19. The molecule has 2 rings (SSSR count). The van der Waals surface area contributed by atoms with E-state index in [0.29, 0.717) is 19.3 Å². The Labute approximate surface area is 116 Å². The highest BCUT2D eigenvalue weighted by Crippen LogP contribution is 2.43. The molecule has 110 valence electrons. The minimum absolute atomic E-state index is 0.151. The van der Waals surface area contributed by atoms with Gasteiger partial charge in [0.1, 0.15) is 18.0 Å². The Morgan fingerprint density at radius 3 is 2.65 bits per heavy atom. The van der Waals surface area contributed by atoms with Crippen LogP contribution in [-0.2, 0) is 14.4 Å². The number of nitrogens with two attached hydrogens (primary N) is 1. The molecular weight excluding hydrogens is 264 g/mol. The molecule has 4 N–H and O–H groups in total. The number of carbonyl (C=O) groups is 3. The third kappa shape index (κ3) is 2.00. The number of imide groups is 1. The summed E-state index contributed by atoms with van der Waals surface area (Å²) >= 11 is 0. The SMILES string of the molecule is CCC1C(=O)NC(=O)CN1C(=O)C1(C(N)=NO)CCC1. The number of nitrogens with zero attached hydrogens (tertiary/aromatic N) is 2. The lowest BCUT2D eigenvalue weighted by Crippen LogP contribution is -2.65. The first-order chi connectivity index (χ1) is 9.46. The Bertz CT molecular complexity index is 484. The molecule has 1 heterocycles. The van der Waals surface area contributed by atoms with Crippen molar-refractivity contribution in [1.29, 1.82) is 0 Å². The molecule has 8 heteroatoms. The molecule has 3 amide bonds. The van der Waals surface area contributed by atoms with Crippen LogP contribution >= 0.6 is 0 Å². The molecule has 1 saturated heterocycles. The highest BCUT2D eigenvalue weighted by Gasteiger charge is 2.52. The summed E-state index contributed by atoms with van der Waals surface area (Å²) in [5.74, 6) is -1.55. The van der Waals surface area contributed by atoms with Gasteiger partial charge in [0.25, 0.3) is 0 Å². The highest BCUT2D eigenvalue weighted by molar-refractivity contribution is 6.11. The maximum absolute atomic E-state index is 12.7. The van der Waals surface area contributed by atoms with Crippen molar-refractivity contribution in [3.8, 4) is 0 Å². The molecule has 0 bridgehead atoms. The maximum Gasteiger partial charge on any atom is 0.249 e. The van der Waals surface area contributed by atoms with Crippen LogP contribution in [0.3, 0.4) is 0 Å². The minimum Gasteiger partial charge on any atom is -0.409 e. The lowest BCUT2D eigenvalue weighted by Gasteiger charge is -2.45. The summed E-state index contributed by atoms with van der Waals surface area (Å²) < 4.78 is 0. The Hall–Kier alpha value is -2.12. The molecule has 0 aromatic carbocycles. The number of oxime groups is 1. The first-order valence-corrected chi connectivity index (χ1v) is 6.59. The summed E-state index contributed by atoms with van der Waals surface area (Å²) in [4.78, 5) is 37.2. The first kappa shape index (κ1) is 14.3. The third-order valence-electron chi connectivity index (χ3n) is 4.12. The predicted molar refractivity (Wildman–Crippen MR) is 68.6 cm³/mol. The second-order valence-corrected chi connectivity index (χ2v) is 5.19. The fourth-order valence-corrected chi connectivity index (χ4v) is 2.77. The molecule has 2 aliphatic rings. The van der Waals surface area contributed by atoms with Crippen molar-refractivity contribution in [2.75, 3.05) is 6.54 Å². The van der Waals surface area contributed by atoms with Crippen LogP contribution < -0.4 is 11.1 Å². The van der Waals surface area contributed by atoms with Gasteiger partial charge in [0.2, 0.25) is 17.7 Å². The fraction of sp³-hybridized carbons (Fsp3) is 0.667. The Balaban J connectivity index is 2.30. The lowest BCUT2D eigenvalue weighted by atomic mass is 9.66. The van der Waals surface area contributed by atoms with Gasteiger partial charge in [-0.05, 0) is 19.3 Å². The van der Waals surface area contributed by atoms with Gasteiger partial charge >= 0.3 is 0 Å². The van der Waals surface area contributed by atoms with E-state index in [0.717, 1.165) is 6.42 Å². The summed E-state index contributed by atoms with van der Waals surface area (Å²) in [6.45, 7) is 1.58. The molecule has 2 fully saturated rings. The molecule has 1 aliphatic heterocycles. The number of hydrogen-bond acceptors (Lipinski definition) is 5. The van der Waals surface area contributed by atoms with Gasteiger partial charge < -0.3 is 15.8 Å². The van der Waals surface area contributed by atoms with E-state index in [1.807, 2.05) is 0 Å². The number of hydrogen-bond donors (Lipinski definition) is 3. The summed E-state index contributed by atoms with van der Waals surface area (Å²) in [7, 11) is 0. The van der Waals surface area contributed by atoms with E-state index in [1.165, 1.54) is 4.90 Å². The van der Waals surface area contributed by atoms with Crippen LogP contribution in [0, 0.1) is 5.41 Å². The van der Waals surface area contributed by atoms with E-state index in [1.54, 1.807) is 6.92 Å². The molecule has 1 aliphatic carbocycles. The summed E-state index contributed by atoms with van der Waals surface area (Å²) in [6, 6.07) is -0.691. The zero-order valence-corrected chi connectivity index (χ0v) is 11.3. The van der Waals surface area contributed by atoms with Crippen molar-refractivity contribution in [3.63, 3.8) is 0 Å². The van der Waals surface area contributed by atoms with Crippen LogP contribution in [0.25, 0.3) is 0 Å². The van der Waals surface area contributed by atoms with E-state index in [4.69, 9.17) is 10.9 Å². The number of amidine groups is 1. The van der Waals surface area contributed by atoms with Gasteiger partial charge in [-0.1, -0.05) is 18.5 Å². The average Bonchev–Trinajstić information content (AvgIpc) is 2.36. The van der Waals surface area contributed by atoms with Crippen LogP contribution in [0.15, 0.2) is 5.16 Å². The van der Waals surface area contributed by atoms with Gasteiger partial charge in [0.15, 0.2) is 5.84 Å². The summed E-state index contributed by atoms with van der Waals surface area (Å²) in [6.07, 6.45) is 2.11. The molecular formula is C12H18N4O4. The largest absolute Gasteiger partial charge is 0.409 e. The molecule has 0 aromatic heterocycles. The quantitative estimate of drug-likeness (QED) is 0.205. The number of nitrogens with one attached hydrogen (secondary N) is 1. The van der Waals surface area contributed by atoms with Gasteiger partial charge in [0.05, 0.1) is 0 Å². The maximum atomic E-state index is 12.7. The monoisotopic (exact) mass is 282 g/mol. The molecule has 1 unspecified atom stereocenters. The first-order valence-electron chi connectivity index (χ1n) is 6.59. The van der Waals surface area contributed by atoms with Crippen molar-refractivity contribution in [1.82, 2.24) is 10.2 Å². The minimum atomic E-state index is -1.07. The topological polar surface area (TPSA) is 125 Å². The summed E-state index contributed by atoms with van der Waals surface area (Å²) in [5.41, 5.74) is 4.57. The van der Waals surface area contributed by atoms with Crippen LogP contribution in [-0.4, -0.2) is 46.3 Å². The molecule has 1 atom stereocenters. The summed E-state index contributed by atoms with van der Waals surface area (Å²) in [5, 5.41) is 14.0. The van der Waals surface area contributed by atoms with Crippen molar-refractivity contribution in [2.24, 2.45) is 16.3 Å².